The first kappa shape index (κ1) is 12.4. The first-order valence-electron chi connectivity index (χ1n) is 5.00. The molecule has 0 unspecified atom stereocenters. The quantitative estimate of drug-likeness (QED) is 0.846. The van der Waals surface area contributed by atoms with Crippen molar-refractivity contribution in [1.29, 1.82) is 0 Å². The topological polar surface area (TPSA) is 50.9 Å². The van der Waals surface area contributed by atoms with Crippen LogP contribution in [0.2, 0.25) is 0 Å². The number of benzene rings is 1. The van der Waals surface area contributed by atoms with Crippen molar-refractivity contribution in [2.75, 3.05) is 11.1 Å². The fourth-order valence-electron chi connectivity index (χ4n) is 1.49. The predicted octanol–water partition coefficient (Wildman–Crippen LogP) is 4.24. The molecular weight excluding hydrogens is 346 g/mol. The van der Waals surface area contributed by atoms with E-state index >= 15 is 0 Å². The van der Waals surface area contributed by atoms with Crippen molar-refractivity contribution < 1.29 is 0 Å². The number of nitrogens with two attached hydrogens (primary N) is 1. The number of pyridine rings is 1. The van der Waals surface area contributed by atoms with Crippen molar-refractivity contribution in [3.05, 3.63) is 45.0 Å². The molecule has 0 aliphatic rings. The summed E-state index contributed by atoms with van der Waals surface area (Å²) in [7, 11) is 0. The average Bonchev–Trinajstić information content (AvgIpc) is 2.21. The Morgan fingerprint density at radius 3 is 2.59 bits per heavy atom. The normalized spacial score (nSPS) is 10.3. The highest BCUT2D eigenvalue weighted by molar-refractivity contribution is 9.10. The zero-order chi connectivity index (χ0) is 12.4. The first-order chi connectivity index (χ1) is 8.04. The largest absolute Gasteiger partial charge is 0.397 e. The summed E-state index contributed by atoms with van der Waals surface area (Å²) in [4.78, 5) is 4.23. The van der Waals surface area contributed by atoms with Gasteiger partial charge in [0.15, 0.2) is 0 Å². The van der Waals surface area contributed by atoms with Gasteiger partial charge in [0, 0.05) is 10.2 Å². The van der Waals surface area contributed by atoms with E-state index < -0.39 is 0 Å². The molecule has 1 aromatic heterocycles. The van der Waals surface area contributed by atoms with Crippen LogP contribution in [0.5, 0.6) is 0 Å². The standard InChI is InChI=1S/C12H11Br2N3/c1-7-2-8(13)4-10(3-7)17-12-11(14)5-9(15)6-16-12/h2-6H,15H2,1H3,(H,16,17). The Bertz CT molecular complexity index is 535. The number of aryl methyl sites for hydroxylation is 1. The van der Waals surface area contributed by atoms with Crippen LogP contribution in [0.4, 0.5) is 17.2 Å². The van der Waals surface area contributed by atoms with Crippen LogP contribution in [-0.4, -0.2) is 4.98 Å². The third kappa shape index (κ3) is 3.20. The van der Waals surface area contributed by atoms with Gasteiger partial charge in [-0.3, -0.25) is 0 Å². The lowest BCUT2D eigenvalue weighted by Crippen LogP contribution is -1.96. The number of nitrogens with one attached hydrogen (secondary N) is 1. The minimum atomic E-state index is 0.632. The highest BCUT2D eigenvalue weighted by Crippen LogP contribution is 2.27. The molecule has 17 heavy (non-hydrogen) atoms. The summed E-state index contributed by atoms with van der Waals surface area (Å²) >= 11 is 6.89. The van der Waals surface area contributed by atoms with Gasteiger partial charge in [0.25, 0.3) is 0 Å². The van der Waals surface area contributed by atoms with Crippen LogP contribution in [0.25, 0.3) is 0 Å². The van der Waals surface area contributed by atoms with E-state index in [4.69, 9.17) is 5.73 Å². The maximum Gasteiger partial charge on any atom is 0.144 e. The summed E-state index contributed by atoms with van der Waals surface area (Å²) in [5, 5.41) is 3.24. The summed E-state index contributed by atoms with van der Waals surface area (Å²) in [6.07, 6.45) is 1.62. The molecule has 2 rings (SSSR count). The zero-order valence-corrected chi connectivity index (χ0v) is 12.3. The Balaban J connectivity index is 2.31. The van der Waals surface area contributed by atoms with Crippen molar-refractivity contribution in [3.8, 4) is 0 Å². The lowest BCUT2D eigenvalue weighted by atomic mass is 10.2. The molecule has 0 saturated heterocycles. The van der Waals surface area contributed by atoms with Gasteiger partial charge >= 0.3 is 0 Å². The number of anilines is 3. The van der Waals surface area contributed by atoms with Gasteiger partial charge in [-0.1, -0.05) is 15.9 Å². The molecule has 5 heteroatoms. The maximum absolute atomic E-state index is 5.64. The Hall–Kier alpha value is -1.07. The lowest BCUT2D eigenvalue weighted by molar-refractivity contribution is 1.29. The fraction of sp³-hybridized carbons (Fsp3) is 0.0833. The van der Waals surface area contributed by atoms with Crippen LogP contribution in [0, 0.1) is 6.92 Å². The van der Waals surface area contributed by atoms with Crippen LogP contribution < -0.4 is 11.1 Å². The molecule has 88 valence electrons. The summed E-state index contributed by atoms with van der Waals surface area (Å²) in [5.41, 5.74) is 8.43. The Kier molecular flexibility index (Phi) is 3.69. The maximum atomic E-state index is 5.64. The molecule has 0 fully saturated rings. The molecule has 0 amide bonds. The molecule has 0 aliphatic carbocycles. The van der Waals surface area contributed by atoms with E-state index in [2.05, 4.69) is 54.3 Å². The van der Waals surface area contributed by atoms with Crippen LogP contribution in [0.15, 0.2) is 39.4 Å². The minimum Gasteiger partial charge on any atom is -0.397 e. The van der Waals surface area contributed by atoms with E-state index in [9.17, 15) is 0 Å². The van der Waals surface area contributed by atoms with Gasteiger partial charge in [0.1, 0.15) is 5.82 Å². The fourth-order valence-corrected chi connectivity index (χ4v) is 2.56. The molecule has 0 radical (unpaired) electrons. The summed E-state index contributed by atoms with van der Waals surface area (Å²) < 4.78 is 1.88. The van der Waals surface area contributed by atoms with Crippen LogP contribution in [0.1, 0.15) is 5.56 Å². The van der Waals surface area contributed by atoms with E-state index in [1.54, 1.807) is 6.20 Å². The SMILES string of the molecule is Cc1cc(Br)cc(Nc2ncc(N)cc2Br)c1. The average molecular weight is 357 g/mol. The van der Waals surface area contributed by atoms with Crippen molar-refractivity contribution in [3.63, 3.8) is 0 Å². The van der Waals surface area contributed by atoms with E-state index in [1.807, 2.05) is 19.1 Å². The number of rotatable bonds is 2. The van der Waals surface area contributed by atoms with Crippen LogP contribution in [-0.2, 0) is 0 Å². The highest BCUT2D eigenvalue weighted by atomic mass is 79.9. The number of hydrogen-bond donors (Lipinski definition) is 2. The molecule has 2 aromatic rings. The third-order valence-electron chi connectivity index (χ3n) is 2.17. The van der Waals surface area contributed by atoms with E-state index in [0.717, 1.165) is 20.5 Å². The summed E-state index contributed by atoms with van der Waals surface area (Å²) in [6, 6.07) is 7.92. The molecule has 3 N–H and O–H groups in total. The number of aromatic nitrogens is 1. The number of hydrogen-bond acceptors (Lipinski definition) is 3. The molecule has 0 aliphatic heterocycles. The smallest absolute Gasteiger partial charge is 0.144 e. The van der Waals surface area contributed by atoms with Crippen molar-refractivity contribution in [2.24, 2.45) is 0 Å². The summed E-state index contributed by atoms with van der Waals surface area (Å²) in [5.74, 6) is 0.747. The minimum absolute atomic E-state index is 0.632. The van der Waals surface area contributed by atoms with Gasteiger partial charge in [-0.2, -0.15) is 0 Å². The van der Waals surface area contributed by atoms with E-state index in [0.29, 0.717) is 5.69 Å². The van der Waals surface area contributed by atoms with Gasteiger partial charge in [-0.25, -0.2) is 4.98 Å². The third-order valence-corrected chi connectivity index (χ3v) is 3.23. The molecule has 0 saturated carbocycles. The molecular formula is C12H11Br2N3. The number of halogens is 2. The van der Waals surface area contributed by atoms with Gasteiger partial charge in [0.05, 0.1) is 16.4 Å². The molecule has 1 aromatic carbocycles. The van der Waals surface area contributed by atoms with Gasteiger partial charge in [-0.05, 0) is 52.7 Å². The molecule has 0 atom stereocenters. The van der Waals surface area contributed by atoms with Crippen LogP contribution in [0.3, 0.4) is 0 Å². The highest BCUT2D eigenvalue weighted by Gasteiger charge is 2.03. The molecule has 0 spiro atoms. The second-order valence-corrected chi connectivity index (χ2v) is 5.51. The molecule has 0 bridgehead atoms. The molecule has 3 nitrogen and oxygen atoms in total. The Labute approximate surface area is 117 Å². The second kappa shape index (κ2) is 5.06. The Morgan fingerprint density at radius 1 is 1.18 bits per heavy atom. The van der Waals surface area contributed by atoms with E-state index in [1.165, 1.54) is 5.56 Å². The molecule has 1 heterocycles. The van der Waals surface area contributed by atoms with Crippen molar-refractivity contribution in [2.45, 2.75) is 6.92 Å². The predicted molar refractivity (Wildman–Crippen MR) is 78.5 cm³/mol. The van der Waals surface area contributed by atoms with Gasteiger partial charge in [-0.15, -0.1) is 0 Å². The second-order valence-electron chi connectivity index (χ2n) is 3.74. The van der Waals surface area contributed by atoms with Crippen LogP contribution >= 0.6 is 31.9 Å². The van der Waals surface area contributed by atoms with Crippen molar-refractivity contribution >= 4 is 49.1 Å². The zero-order valence-electron chi connectivity index (χ0n) is 9.17. The van der Waals surface area contributed by atoms with Gasteiger partial charge < -0.3 is 11.1 Å². The number of nitrogens with zero attached hydrogens (tertiary/aromatic N) is 1. The Morgan fingerprint density at radius 2 is 1.94 bits per heavy atom. The lowest BCUT2D eigenvalue weighted by Gasteiger charge is -2.09. The number of nitrogen functional groups attached to an aromatic ring is 1. The van der Waals surface area contributed by atoms with Crippen molar-refractivity contribution in [1.82, 2.24) is 4.98 Å². The first-order valence-corrected chi connectivity index (χ1v) is 6.58. The monoisotopic (exact) mass is 355 g/mol. The van der Waals surface area contributed by atoms with E-state index in [-0.39, 0.29) is 0 Å². The summed E-state index contributed by atoms with van der Waals surface area (Å²) in [6.45, 7) is 2.04. The van der Waals surface area contributed by atoms with Gasteiger partial charge in [0.2, 0.25) is 0 Å².